The molecule has 0 unspecified atom stereocenters. The van der Waals surface area contributed by atoms with Gasteiger partial charge in [0.1, 0.15) is 23.9 Å². The topological polar surface area (TPSA) is 68.9 Å². The largest absolute Gasteiger partial charge is 0.504 e. The molecule has 3 rings (SSSR count). The highest BCUT2D eigenvalue weighted by Gasteiger charge is 2.08. The molecule has 0 aliphatic rings. The number of ether oxygens (including phenoxy) is 2. The first-order valence-corrected chi connectivity index (χ1v) is 9.37. The Balaban J connectivity index is 1.58. The monoisotopic (exact) mass is 392 g/mol. The van der Waals surface area contributed by atoms with Gasteiger partial charge in [-0.2, -0.15) is 0 Å². The number of benzene rings is 2. The number of carbonyl (C=O) groups is 1. The van der Waals surface area contributed by atoms with Gasteiger partial charge in [0.25, 0.3) is 0 Å². The summed E-state index contributed by atoms with van der Waals surface area (Å²) in [5.41, 5.74) is 1.68. The van der Waals surface area contributed by atoms with Crippen LogP contribution in [0, 0.1) is 0 Å². The molecule has 0 aliphatic carbocycles. The molecule has 29 heavy (non-hydrogen) atoms. The Hall–Kier alpha value is -3.47. The van der Waals surface area contributed by atoms with Crippen LogP contribution in [0.3, 0.4) is 0 Å². The first-order chi connectivity index (χ1) is 14.0. The predicted octanol–water partition coefficient (Wildman–Crippen LogP) is 5.59. The summed E-state index contributed by atoms with van der Waals surface area (Å²) in [7, 11) is 1.43. The number of methoxy groups -OCH3 is 1. The van der Waals surface area contributed by atoms with Gasteiger partial charge in [-0.3, -0.25) is 4.79 Å². The number of aromatic hydroxyl groups is 1. The van der Waals surface area contributed by atoms with Crippen LogP contribution in [0.1, 0.15) is 47.2 Å². The second-order valence-electron chi connectivity index (χ2n) is 6.90. The average molecular weight is 392 g/mol. The summed E-state index contributed by atoms with van der Waals surface area (Å²) >= 11 is 0. The molecule has 0 saturated heterocycles. The van der Waals surface area contributed by atoms with Crippen LogP contribution in [-0.4, -0.2) is 18.0 Å². The first-order valence-electron chi connectivity index (χ1n) is 9.37. The van der Waals surface area contributed by atoms with Crippen molar-refractivity contribution in [2.75, 3.05) is 7.11 Å². The Morgan fingerprint density at radius 3 is 2.55 bits per heavy atom. The molecule has 150 valence electrons. The minimum Gasteiger partial charge on any atom is -0.504 e. The SMILES string of the molecule is COc1cc(C(=O)/C=C/c2ccc(COc3ccc(C(C)C)cc3)o2)ccc1O. The molecule has 0 amide bonds. The van der Waals surface area contributed by atoms with E-state index in [1.165, 1.54) is 36.9 Å². The summed E-state index contributed by atoms with van der Waals surface area (Å²) in [4.78, 5) is 12.3. The lowest BCUT2D eigenvalue weighted by Gasteiger charge is -2.07. The molecule has 0 radical (unpaired) electrons. The normalized spacial score (nSPS) is 11.2. The summed E-state index contributed by atoms with van der Waals surface area (Å²) in [6, 6.07) is 16.1. The zero-order valence-corrected chi connectivity index (χ0v) is 16.7. The maximum Gasteiger partial charge on any atom is 0.186 e. The highest BCUT2D eigenvalue weighted by atomic mass is 16.5. The molecule has 0 saturated carbocycles. The standard InChI is InChI=1S/C24H24O5/c1-16(2)17-4-7-19(8-5-17)28-15-21-10-9-20(29-21)11-13-22(25)18-6-12-23(26)24(14-18)27-3/h4-14,16,26H,15H2,1-3H3/b13-11+. The van der Waals surface area contributed by atoms with Crippen LogP contribution in [0.2, 0.25) is 0 Å². The van der Waals surface area contributed by atoms with Gasteiger partial charge in [-0.25, -0.2) is 0 Å². The maximum absolute atomic E-state index is 12.3. The van der Waals surface area contributed by atoms with E-state index < -0.39 is 0 Å². The molecule has 0 fully saturated rings. The molecular weight excluding hydrogens is 368 g/mol. The molecule has 5 nitrogen and oxygen atoms in total. The van der Waals surface area contributed by atoms with Crippen LogP contribution in [0.15, 0.2) is 65.1 Å². The quantitative estimate of drug-likeness (QED) is 0.400. The van der Waals surface area contributed by atoms with Crippen LogP contribution in [0.4, 0.5) is 0 Å². The van der Waals surface area contributed by atoms with Gasteiger partial charge in [0.2, 0.25) is 0 Å². The number of carbonyl (C=O) groups excluding carboxylic acids is 1. The molecule has 3 aromatic rings. The van der Waals surface area contributed by atoms with E-state index >= 15 is 0 Å². The minimum atomic E-state index is -0.220. The smallest absolute Gasteiger partial charge is 0.186 e. The number of phenolic OH excluding ortho intramolecular Hbond substituents is 1. The lowest BCUT2D eigenvalue weighted by atomic mass is 10.0. The molecule has 1 heterocycles. The van der Waals surface area contributed by atoms with Crippen molar-refractivity contribution in [2.45, 2.75) is 26.4 Å². The maximum atomic E-state index is 12.3. The number of allylic oxidation sites excluding steroid dienone is 1. The van der Waals surface area contributed by atoms with Gasteiger partial charge in [0.15, 0.2) is 17.3 Å². The molecule has 1 N–H and O–H groups in total. The molecular formula is C24H24O5. The van der Waals surface area contributed by atoms with Crippen molar-refractivity contribution in [3.63, 3.8) is 0 Å². The van der Waals surface area contributed by atoms with Crippen molar-refractivity contribution in [3.05, 3.63) is 83.3 Å². The molecule has 5 heteroatoms. The van der Waals surface area contributed by atoms with Crippen molar-refractivity contribution in [1.82, 2.24) is 0 Å². The van der Waals surface area contributed by atoms with Crippen molar-refractivity contribution < 1.29 is 23.8 Å². The van der Waals surface area contributed by atoms with E-state index in [-0.39, 0.29) is 17.3 Å². The molecule has 0 aliphatic heterocycles. The Morgan fingerprint density at radius 2 is 1.86 bits per heavy atom. The van der Waals surface area contributed by atoms with E-state index in [4.69, 9.17) is 13.9 Å². The highest BCUT2D eigenvalue weighted by Crippen LogP contribution is 2.26. The number of furan rings is 1. The number of rotatable bonds is 8. The fourth-order valence-electron chi connectivity index (χ4n) is 2.75. The summed E-state index contributed by atoms with van der Waals surface area (Å²) in [6.07, 6.45) is 3.02. The van der Waals surface area contributed by atoms with E-state index in [2.05, 4.69) is 26.0 Å². The third-order valence-electron chi connectivity index (χ3n) is 4.47. The van der Waals surface area contributed by atoms with E-state index in [0.29, 0.717) is 29.6 Å². The van der Waals surface area contributed by atoms with Crippen LogP contribution < -0.4 is 9.47 Å². The van der Waals surface area contributed by atoms with Crippen LogP contribution >= 0.6 is 0 Å². The number of phenols is 1. The average Bonchev–Trinajstić information content (AvgIpc) is 3.19. The minimum absolute atomic E-state index is 0.0115. The number of hydrogen-bond donors (Lipinski definition) is 1. The Morgan fingerprint density at radius 1 is 1.10 bits per heavy atom. The summed E-state index contributed by atoms with van der Waals surface area (Å²) in [6.45, 7) is 4.60. The van der Waals surface area contributed by atoms with Crippen molar-refractivity contribution >= 4 is 11.9 Å². The van der Waals surface area contributed by atoms with Gasteiger partial charge in [-0.15, -0.1) is 0 Å². The second-order valence-corrected chi connectivity index (χ2v) is 6.90. The zero-order chi connectivity index (χ0) is 20.8. The Bertz CT molecular complexity index is 996. The summed E-state index contributed by atoms with van der Waals surface area (Å²) in [5, 5.41) is 9.62. The molecule has 0 spiro atoms. The first kappa shape index (κ1) is 20.3. The Kier molecular flexibility index (Phi) is 6.39. The number of hydrogen-bond acceptors (Lipinski definition) is 5. The fourth-order valence-corrected chi connectivity index (χ4v) is 2.75. The predicted molar refractivity (Wildman–Crippen MR) is 112 cm³/mol. The molecule has 2 aromatic carbocycles. The summed E-state index contributed by atoms with van der Waals surface area (Å²) in [5.74, 6) is 2.50. The van der Waals surface area contributed by atoms with Gasteiger partial charge >= 0.3 is 0 Å². The van der Waals surface area contributed by atoms with Crippen molar-refractivity contribution in [2.24, 2.45) is 0 Å². The van der Waals surface area contributed by atoms with Crippen LogP contribution in [0.5, 0.6) is 17.2 Å². The lowest BCUT2D eigenvalue weighted by Crippen LogP contribution is -1.95. The van der Waals surface area contributed by atoms with E-state index in [0.717, 1.165) is 5.75 Å². The zero-order valence-electron chi connectivity index (χ0n) is 16.7. The van der Waals surface area contributed by atoms with Crippen LogP contribution in [0.25, 0.3) is 6.08 Å². The third kappa shape index (κ3) is 5.29. The van der Waals surface area contributed by atoms with Gasteiger partial charge < -0.3 is 19.0 Å². The summed E-state index contributed by atoms with van der Waals surface area (Å²) < 4.78 is 16.5. The van der Waals surface area contributed by atoms with Gasteiger partial charge in [0, 0.05) is 5.56 Å². The van der Waals surface area contributed by atoms with Crippen molar-refractivity contribution in [1.29, 1.82) is 0 Å². The van der Waals surface area contributed by atoms with Gasteiger partial charge in [-0.05, 0) is 66.1 Å². The van der Waals surface area contributed by atoms with Gasteiger partial charge in [-0.1, -0.05) is 26.0 Å². The second kappa shape index (κ2) is 9.15. The Labute approximate surface area is 170 Å². The lowest BCUT2D eigenvalue weighted by molar-refractivity contribution is 0.104. The fraction of sp³-hybridized carbons (Fsp3) is 0.208. The molecule has 0 bridgehead atoms. The number of ketones is 1. The van der Waals surface area contributed by atoms with Crippen molar-refractivity contribution in [3.8, 4) is 17.2 Å². The molecule has 1 aromatic heterocycles. The molecule has 0 atom stereocenters. The van der Waals surface area contributed by atoms with E-state index in [1.54, 1.807) is 12.1 Å². The van der Waals surface area contributed by atoms with E-state index in [1.807, 2.05) is 18.2 Å². The third-order valence-corrected chi connectivity index (χ3v) is 4.47. The van der Waals surface area contributed by atoms with Gasteiger partial charge in [0.05, 0.1) is 7.11 Å². The van der Waals surface area contributed by atoms with E-state index in [9.17, 15) is 9.90 Å². The van der Waals surface area contributed by atoms with Crippen LogP contribution in [-0.2, 0) is 6.61 Å². The highest BCUT2D eigenvalue weighted by molar-refractivity contribution is 6.07.